The van der Waals surface area contributed by atoms with Crippen LogP contribution >= 0.6 is 0 Å². The molecule has 1 aliphatic carbocycles. The second-order valence-corrected chi connectivity index (χ2v) is 10.0. The Hall–Kier alpha value is -2.91. The van der Waals surface area contributed by atoms with Crippen LogP contribution in [0.15, 0.2) is 36.5 Å². The molecule has 186 valence electrons. The predicted molar refractivity (Wildman–Crippen MR) is 131 cm³/mol. The van der Waals surface area contributed by atoms with Crippen molar-refractivity contribution >= 4 is 22.4 Å². The van der Waals surface area contributed by atoms with Gasteiger partial charge in [0.2, 0.25) is 0 Å². The molecule has 2 fully saturated rings. The molecule has 3 heterocycles. The van der Waals surface area contributed by atoms with Gasteiger partial charge >= 0.3 is 6.11 Å². The Balaban J connectivity index is 1.40. The summed E-state index contributed by atoms with van der Waals surface area (Å²) in [5.41, 5.74) is 2.31. The van der Waals surface area contributed by atoms with E-state index in [1.807, 2.05) is 39.1 Å². The maximum atomic E-state index is 14.5. The molecule has 7 nitrogen and oxygen atoms in total. The van der Waals surface area contributed by atoms with Gasteiger partial charge in [0.25, 0.3) is 0 Å². The van der Waals surface area contributed by atoms with Gasteiger partial charge in [-0.15, -0.1) is 5.10 Å². The van der Waals surface area contributed by atoms with Crippen LogP contribution < -0.4 is 10.2 Å². The number of aliphatic hydroxyl groups is 1. The molecule has 2 aliphatic rings. The van der Waals surface area contributed by atoms with E-state index in [-0.39, 0.29) is 17.7 Å². The Morgan fingerprint density at radius 2 is 1.94 bits per heavy atom. The standard InChI is InChI=1S/C26H31F2N5O2/c1-16(18-5-4-6-19(13-18)26(27,28)35-21-7-8-21)30-24-22-14-20(15-29-23(22)17(2)31-32-24)33-11-9-25(3,34)10-12-33/h4-6,13-16,21,34H,7-12H2,1-3H3,(H,30,32)/t16-/m1/s1. The summed E-state index contributed by atoms with van der Waals surface area (Å²) < 4.78 is 34.0. The third kappa shape index (κ3) is 5.21. The molecule has 1 atom stereocenters. The number of hydrogen-bond acceptors (Lipinski definition) is 7. The summed E-state index contributed by atoms with van der Waals surface area (Å²) in [5, 5.41) is 23.1. The number of alkyl halides is 2. The first kappa shape index (κ1) is 23.8. The Labute approximate surface area is 203 Å². The molecule has 1 saturated carbocycles. The number of ether oxygens (including phenoxy) is 1. The summed E-state index contributed by atoms with van der Waals surface area (Å²) in [6.45, 7) is 7.10. The Morgan fingerprint density at radius 1 is 1.20 bits per heavy atom. The van der Waals surface area contributed by atoms with E-state index in [2.05, 4.69) is 25.4 Å². The van der Waals surface area contributed by atoms with Gasteiger partial charge < -0.3 is 20.1 Å². The SMILES string of the molecule is Cc1nnc(N[C@H](C)c2cccc(C(F)(F)OC3CC3)c2)c2cc(N3CCC(C)(O)CC3)cnc12. The zero-order valence-corrected chi connectivity index (χ0v) is 20.3. The van der Waals surface area contributed by atoms with E-state index in [1.165, 1.54) is 12.1 Å². The zero-order valence-electron chi connectivity index (χ0n) is 20.3. The minimum atomic E-state index is -3.31. The fourth-order valence-corrected chi connectivity index (χ4v) is 4.42. The van der Waals surface area contributed by atoms with Crippen molar-refractivity contribution in [1.82, 2.24) is 15.2 Å². The molecular weight excluding hydrogens is 452 g/mol. The van der Waals surface area contributed by atoms with Gasteiger partial charge in [-0.05, 0) is 64.2 Å². The molecule has 0 unspecified atom stereocenters. The fraction of sp³-hybridized carbons (Fsp3) is 0.500. The van der Waals surface area contributed by atoms with E-state index >= 15 is 0 Å². The summed E-state index contributed by atoms with van der Waals surface area (Å²) in [5.74, 6) is 0.544. The van der Waals surface area contributed by atoms with E-state index < -0.39 is 11.7 Å². The van der Waals surface area contributed by atoms with Crippen LogP contribution in [0.25, 0.3) is 10.9 Å². The first-order chi connectivity index (χ1) is 16.6. The lowest BCUT2D eigenvalue weighted by Gasteiger charge is -2.37. The highest BCUT2D eigenvalue weighted by atomic mass is 19.3. The second kappa shape index (κ2) is 8.95. The Bertz CT molecular complexity index is 1220. The minimum absolute atomic E-state index is 0.152. The molecule has 1 aromatic carbocycles. The number of nitrogens with one attached hydrogen (secondary N) is 1. The van der Waals surface area contributed by atoms with Crippen LogP contribution in [0.2, 0.25) is 0 Å². The first-order valence-corrected chi connectivity index (χ1v) is 12.1. The van der Waals surface area contributed by atoms with Crippen molar-refractivity contribution < 1.29 is 18.6 Å². The third-order valence-electron chi connectivity index (χ3n) is 6.89. The first-order valence-electron chi connectivity index (χ1n) is 12.1. The van der Waals surface area contributed by atoms with E-state index in [0.29, 0.717) is 42.8 Å². The molecule has 9 heteroatoms. The average Bonchev–Trinajstić information content (AvgIpc) is 3.64. The molecule has 3 aromatic rings. The topological polar surface area (TPSA) is 83.4 Å². The molecule has 0 radical (unpaired) electrons. The van der Waals surface area contributed by atoms with Crippen molar-refractivity contribution in [2.45, 2.75) is 70.3 Å². The number of rotatable bonds is 7. The molecule has 35 heavy (non-hydrogen) atoms. The molecule has 0 spiro atoms. The van der Waals surface area contributed by atoms with Crippen molar-refractivity contribution in [2.75, 3.05) is 23.3 Å². The second-order valence-electron chi connectivity index (χ2n) is 10.0. The fourth-order valence-electron chi connectivity index (χ4n) is 4.42. The normalized spacial score (nSPS) is 19.1. The van der Waals surface area contributed by atoms with Crippen molar-refractivity contribution in [2.24, 2.45) is 0 Å². The van der Waals surface area contributed by atoms with E-state index in [1.54, 1.807) is 6.07 Å². The van der Waals surface area contributed by atoms with Crippen LogP contribution in [-0.2, 0) is 10.8 Å². The molecule has 1 saturated heterocycles. The molecule has 0 bridgehead atoms. The smallest absolute Gasteiger partial charge is 0.383 e. The number of aromatic nitrogens is 3. The highest BCUT2D eigenvalue weighted by molar-refractivity contribution is 5.92. The number of fused-ring (bicyclic) bond motifs is 1. The van der Waals surface area contributed by atoms with Crippen molar-refractivity contribution in [3.8, 4) is 0 Å². The number of piperidine rings is 1. The Morgan fingerprint density at radius 3 is 2.66 bits per heavy atom. The lowest BCUT2D eigenvalue weighted by atomic mass is 9.93. The molecule has 5 rings (SSSR count). The largest absolute Gasteiger partial charge is 0.390 e. The van der Waals surface area contributed by atoms with Gasteiger partial charge in [0, 0.05) is 18.5 Å². The molecule has 2 N–H and O–H groups in total. The average molecular weight is 484 g/mol. The van der Waals surface area contributed by atoms with Gasteiger partial charge in [-0.3, -0.25) is 4.98 Å². The van der Waals surface area contributed by atoms with Crippen LogP contribution in [-0.4, -0.2) is 45.1 Å². The summed E-state index contributed by atoms with van der Waals surface area (Å²) in [6, 6.07) is 8.03. The van der Waals surface area contributed by atoms with Gasteiger partial charge in [-0.25, -0.2) is 0 Å². The summed E-state index contributed by atoms with van der Waals surface area (Å²) in [4.78, 5) is 6.86. The molecular formula is C26H31F2N5O2. The van der Waals surface area contributed by atoms with Crippen molar-refractivity contribution in [3.63, 3.8) is 0 Å². The van der Waals surface area contributed by atoms with Gasteiger partial charge in [0.05, 0.1) is 46.4 Å². The Kier molecular flexibility index (Phi) is 6.09. The molecule has 0 amide bonds. The number of anilines is 2. The van der Waals surface area contributed by atoms with Crippen LogP contribution in [0, 0.1) is 6.92 Å². The summed E-state index contributed by atoms with van der Waals surface area (Å²) in [7, 11) is 0. The van der Waals surface area contributed by atoms with Gasteiger partial charge in [0.1, 0.15) is 0 Å². The number of benzene rings is 1. The highest BCUT2D eigenvalue weighted by Gasteiger charge is 2.40. The maximum absolute atomic E-state index is 14.5. The molecule has 1 aliphatic heterocycles. The monoisotopic (exact) mass is 483 g/mol. The highest BCUT2D eigenvalue weighted by Crippen LogP contribution is 2.38. The number of aryl methyl sites for hydroxylation is 1. The number of hydrogen-bond donors (Lipinski definition) is 2. The lowest BCUT2D eigenvalue weighted by molar-refractivity contribution is -0.255. The molecule has 2 aromatic heterocycles. The number of nitrogens with zero attached hydrogens (tertiary/aromatic N) is 4. The van der Waals surface area contributed by atoms with Crippen LogP contribution in [0.4, 0.5) is 20.3 Å². The third-order valence-corrected chi connectivity index (χ3v) is 6.89. The summed E-state index contributed by atoms with van der Waals surface area (Å²) in [6.07, 6.45) is 0.892. The van der Waals surface area contributed by atoms with Gasteiger partial charge in [0.15, 0.2) is 5.82 Å². The van der Waals surface area contributed by atoms with Crippen molar-refractivity contribution in [1.29, 1.82) is 0 Å². The van der Waals surface area contributed by atoms with Gasteiger partial charge in [-0.1, -0.05) is 18.2 Å². The lowest BCUT2D eigenvalue weighted by Crippen LogP contribution is -2.42. The predicted octanol–water partition coefficient (Wildman–Crippen LogP) is 5.09. The van der Waals surface area contributed by atoms with Crippen molar-refractivity contribution in [3.05, 3.63) is 53.3 Å². The minimum Gasteiger partial charge on any atom is -0.390 e. The van der Waals surface area contributed by atoms with Crippen LogP contribution in [0.5, 0.6) is 0 Å². The van der Waals surface area contributed by atoms with E-state index in [9.17, 15) is 13.9 Å². The van der Waals surface area contributed by atoms with E-state index in [0.717, 1.165) is 29.7 Å². The van der Waals surface area contributed by atoms with E-state index in [4.69, 9.17) is 4.74 Å². The number of pyridine rings is 1. The summed E-state index contributed by atoms with van der Waals surface area (Å²) >= 11 is 0. The van der Waals surface area contributed by atoms with Crippen LogP contribution in [0.3, 0.4) is 0 Å². The zero-order chi connectivity index (χ0) is 24.8. The number of halogens is 2. The van der Waals surface area contributed by atoms with Gasteiger partial charge in [-0.2, -0.15) is 13.9 Å². The quantitative estimate of drug-likeness (QED) is 0.485. The maximum Gasteiger partial charge on any atom is 0.383 e. The van der Waals surface area contributed by atoms with Crippen LogP contribution in [0.1, 0.15) is 62.4 Å².